The molecule has 0 N–H and O–H groups in total. The van der Waals surface area contributed by atoms with Gasteiger partial charge in [-0.2, -0.15) is 5.26 Å². The van der Waals surface area contributed by atoms with Crippen LogP contribution in [0.5, 0.6) is 5.75 Å². The number of allylic oxidation sites excluding steroid dienone is 4. The average Bonchev–Trinajstić information content (AvgIpc) is 2.98. The third-order valence-corrected chi connectivity index (χ3v) is 3.64. The Morgan fingerprint density at radius 3 is 2.53 bits per heavy atom. The maximum atomic E-state index is 9.25. The van der Waals surface area contributed by atoms with Crippen LogP contribution >= 0.6 is 0 Å². The molecule has 2 aliphatic rings. The van der Waals surface area contributed by atoms with E-state index in [1.165, 1.54) is 5.57 Å². The lowest BCUT2D eigenvalue weighted by Gasteiger charge is -2.12. The summed E-state index contributed by atoms with van der Waals surface area (Å²) in [4.78, 5) is 0. The largest absolute Gasteiger partial charge is 0.497 e. The topological polar surface area (TPSA) is 33.0 Å². The Kier molecular flexibility index (Phi) is 2.26. The third-order valence-electron chi connectivity index (χ3n) is 3.64. The molecular formula is C15H13NO. The molecule has 3 rings (SSSR count). The van der Waals surface area contributed by atoms with E-state index >= 15 is 0 Å². The number of hydrogen-bond donors (Lipinski definition) is 0. The van der Waals surface area contributed by atoms with Crippen LogP contribution in [0.25, 0.3) is 5.57 Å². The molecule has 2 unspecified atom stereocenters. The summed E-state index contributed by atoms with van der Waals surface area (Å²) in [5, 5.41) is 9.25. The van der Waals surface area contributed by atoms with Crippen LogP contribution in [-0.2, 0) is 0 Å². The van der Waals surface area contributed by atoms with Gasteiger partial charge in [-0.1, -0.05) is 24.3 Å². The minimum atomic E-state index is 0.349. The minimum absolute atomic E-state index is 0.349. The van der Waals surface area contributed by atoms with E-state index in [0.717, 1.165) is 23.3 Å². The molecule has 0 heterocycles. The van der Waals surface area contributed by atoms with E-state index in [1.54, 1.807) is 7.11 Å². The smallest absolute Gasteiger partial charge is 0.118 e. The molecule has 2 bridgehead atoms. The molecule has 2 heteroatoms. The van der Waals surface area contributed by atoms with Crippen LogP contribution in [0.1, 0.15) is 12.0 Å². The summed E-state index contributed by atoms with van der Waals surface area (Å²) in [6, 6.07) is 10.4. The molecule has 1 aromatic carbocycles. The minimum Gasteiger partial charge on any atom is -0.497 e. The van der Waals surface area contributed by atoms with Crippen molar-refractivity contribution in [1.82, 2.24) is 0 Å². The van der Waals surface area contributed by atoms with Crippen LogP contribution in [0.2, 0.25) is 0 Å². The number of ether oxygens (including phenoxy) is 1. The highest BCUT2D eigenvalue weighted by atomic mass is 16.5. The van der Waals surface area contributed by atoms with E-state index in [1.807, 2.05) is 24.3 Å². The lowest BCUT2D eigenvalue weighted by Crippen LogP contribution is -1.97. The highest BCUT2D eigenvalue weighted by Crippen LogP contribution is 2.48. The first-order valence-electron chi connectivity index (χ1n) is 5.80. The quantitative estimate of drug-likeness (QED) is 0.721. The first-order chi connectivity index (χ1) is 8.33. The summed E-state index contributed by atoms with van der Waals surface area (Å²) >= 11 is 0. The Balaban J connectivity index is 2.04. The van der Waals surface area contributed by atoms with Gasteiger partial charge in [-0.3, -0.25) is 0 Å². The van der Waals surface area contributed by atoms with Crippen molar-refractivity contribution in [2.45, 2.75) is 6.42 Å². The summed E-state index contributed by atoms with van der Waals surface area (Å²) in [6.07, 6.45) is 5.46. The van der Waals surface area contributed by atoms with Gasteiger partial charge in [0.05, 0.1) is 13.2 Å². The molecular weight excluding hydrogens is 210 g/mol. The monoisotopic (exact) mass is 223 g/mol. The Morgan fingerprint density at radius 2 is 1.88 bits per heavy atom. The predicted octanol–water partition coefficient (Wildman–Crippen LogP) is 3.18. The lowest BCUT2D eigenvalue weighted by atomic mass is 9.92. The van der Waals surface area contributed by atoms with Gasteiger partial charge in [0, 0.05) is 17.4 Å². The molecule has 84 valence electrons. The zero-order chi connectivity index (χ0) is 11.8. The number of hydrogen-bond acceptors (Lipinski definition) is 2. The summed E-state index contributed by atoms with van der Waals surface area (Å²) in [5.74, 6) is 1.64. The van der Waals surface area contributed by atoms with Crippen LogP contribution in [0.3, 0.4) is 0 Å². The Labute approximate surface area is 101 Å². The zero-order valence-corrected chi connectivity index (χ0v) is 9.68. The number of nitriles is 1. The number of fused-ring (bicyclic) bond motifs is 2. The molecule has 0 aliphatic heterocycles. The molecule has 17 heavy (non-hydrogen) atoms. The van der Waals surface area contributed by atoms with Gasteiger partial charge in [0.1, 0.15) is 5.75 Å². The molecule has 0 spiro atoms. The van der Waals surface area contributed by atoms with Gasteiger partial charge in [-0.15, -0.1) is 0 Å². The van der Waals surface area contributed by atoms with Gasteiger partial charge in [0.2, 0.25) is 0 Å². The fraction of sp³-hybridized carbons (Fsp3) is 0.267. The van der Waals surface area contributed by atoms with Gasteiger partial charge >= 0.3 is 0 Å². The average molecular weight is 223 g/mol. The summed E-state index contributed by atoms with van der Waals surface area (Å²) in [7, 11) is 1.66. The highest BCUT2D eigenvalue weighted by molar-refractivity contribution is 5.79. The van der Waals surface area contributed by atoms with E-state index in [2.05, 4.69) is 18.2 Å². The molecule has 0 fully saturated rings. The first kappa shape index (κ1) is 10.2. The van der Waals surface area contributed by atoms with Crippen LogP contribution in [0.4, 0.5) is 0 Å². The third kappa shape index (κ3) is 1.47. The van der Waals surface area contributed by atoms with Crippen molar-refractivity contribution in [1.29, 1.82) is 5.26 Å². The van der Waals surface area contributed by atoms with Gasteiger partial charge in [-0.05, 0) is 29.7 Å². The van der Waals surface area contributed by atoms with Crippen LogP contribution < -0.4 is 4.74 Å². The summed E-state index contributed by atoms with van der Waals surface area (Å²) < 4.78 is 5.15. The van der Waals surface area contributed by atoms with Crippen molar-refractivity contribution < 1.29 is 4.74 Å². The van der Waals surface area contributed by atoms with Crippen LogP contribution in [0, 0.1) is 23.2 Å². The second-order valence-electron chi connectivity index (χ2n) is 4.50. The first-order valence-corrected chi connectivity index (χ1v) is 5.80. The SMILES string of the molecule is COc1ccc(C2=C(C#N)C3C=CC2C3)cc1. The number of rotatable bonds is 2. The van der Waals surface area contributed by atoms with Crippen LogP contribution in [0.15, 0.2) is 42.0 Å². The van der Waals surface area contributed by atoms with E-state index in [-0.39, 0.29) is 0 Å². The van der Waals surface area contributed by atoms with Crippen LogP contribution in [-0.4, -0.2) is 7.11 Å². The highest BCUT2D eigenvalue weighted by Gasteiger charge is 2.35. The molecule has 0 saturated carbocycles. The maximum Gasteiger partial charge on any atom is 0.118 e. The fourth-order valence-electron chi connectivity index (χ4n) is 2.81. The van der Waals surface area contributed by atoms with E-state index in [4.69, 9.17) is 4.74 Å². The summed E-state index contributed by atoms with van der Waals surface area (Å²) in [6.45, 7) is 0. The van der Waals surface area contributed by atoms with E-state index in [9.17, 15) is 5.26 Å². The normalized spacial score (nSPS) is 25.2. The van der Waals surface area contributed by atoms with Crippen molar-refractivity contribution in [3.05, 3.63) is 47.6 Å². The van der Waals surface area contributed by atoms with Gasteiger partial charge in [0.25, 0.3) is 0 Å². The predicted molar refractivity (Wildman–Crippen MR) is 66.3 cm³/mol. The van der Waals surface area contributed by atoms with Crippen molar-refractivity contribution in [3.8, 4) is 11.8 Å². The maximum absolute atomic E-state index is 9.25. The fourth-order valence-corrected chi connectivity index (χ4v) is 2.81. The Hall–Kier alpha value is -2.01. The molecule has 2 aliphatic carbocycles. The molecule has 0 amide bonds. The number of methoxy groups -OCH3 is 1. The molecule has 2 atom stereocenters. The van der Waals surface area contributed by atoms with Gasteiger partial charge < -0.3 is 4.74 Å². The van der Waals surface area contributed by atoms with Crippen molar-refractivity contribution >= 4 is 5.57 Å². The lowest BCUT2D eigenvalue weighted by molar-refractivity contribution is 0.415. The molecule has 0 saturated heterocycles. The Morgan fingerprint density at radius 1 is 1.18 bits per heavy atom. The standard InChI is InChI=1S/C15H13NO/c1-17-13-6-4-10(5-7-13)15-12-3-2-11(8-12)14(15)9-16/h2-7,11-12H,8H2,1H3. The molecule has 0 radical (unpaired) electrons. The van der Waals surface area contributed by atoms with Crippen molar-refractivity contribution in [2.24, 2.45) is 11.8 Å². The van der Waals surface area contributed by atoms with E-state index < -0.39 is 0 Å². The second kappa shape index (κ2) is 3.78. The van der Waals surface area contributed by atoms with Gasteiger partial charge in [-0.25, -0.2) is 0 Å². The number of benzene rings is 1. The molecule has 2 nitrogen and oxygen atoms in total. The van der Waals surface area contributed by atoms with Gasteiger partial charge in [0.15, 0.2) is 0 Å². The van der Waals surface area contributed by atoms with Crippen molar-refractivity contribution in [2.75, 3.05) is 7.11 Å². The Bertz CT molecular complexity index is 545. The van der Waals surface area contributed by atoms with Crippen molar-refractivity contribution in [3.63, 3.8) is 0 Å². The summed E-state index contributed by atoms with van der Waals surface area (Å²) in [5.41, 5.74) is 3.31. The van der Waals surface area contributed by atoms with E-state index in [0.29, 0.717) is 11.8 Å². The number of nitrogens with zero attached hydrogens (tertiary/aromatic N) is 1. The molecule has 0 aromatic heterocycles. The molecule has 1 aromatic rings. The second-order valence-corrected chi connectivity index (χ2v) is 4.50. The zero-order valence-electron chi connectivity index (χ0n) is 9.68.